The van der Waals surface area contributed by atoms with E-state index in [4.69, 9.17) is 0 Å². The van der Waals surface area contributed by atoms with Gasteiger partial charge in [-0.3, -0.25) is 4.79 Å². The van der Waals surface area contributed by atoms with Crippen LogP contribution in [0, 0.1) is 17.3 Å². The maximum absolute atomic E-state index is 12.4. The van der Waals surface area contributed by atoms with Crippen LogP contribution in [0.2, 0.25) is 0 Å². The second-order valence-electron chi connectivity index (χ2n) is 7.89. The van der Waals surface area contributed by atoms with Crippen molar-refractivity contribution in [3.05, 3.63) is 0 Å². The van der Waals surface area contributed by atoms with Crippen LogP contribution < -0.4 is 10.6 Å². The van der Waals surface area contributed by atoms with Gasteiger partial charge in [0.05, 0.1) is 5.54 Å². The van der Waals surface area contributed by atoms with Crippen LogP contribution in [-0.2, 0) is 4.79 Å². The van der Waals surface area contributed by atoms with Crippen LogP contribution in [0.25, 0.3) is 0 Å². The first-order chi connectivity index (χ1) is 8.80. The van der Waals surface area contributed by atoms with Crippen molar-refractivity contribution in [2.45, 2.75) is 65.3 Å². The van der Waals surface area contributed by atoms with Crippen molar-refractivity contribution in [2.75, 3.05) is 13.1 Å². The van der Waals surface area contributed by atoms with Gasteiger partial charge in [0.25, 0.3) is 0 Å². The van der Waals surface area contributed by atoms with Crippen molar-refractivity contribution in [3.63, 3.8) is 0 Å². The summed E-state index contributed by atoms with van der Waals surface area (Å²) in [4.78, 5) is 12.4. The van der Waals surface area contributed by atoms with Crippen LogP contribution in [-0.4, -0.2) is 24.5 Å². The van der Waals surface area contributed by atoms with Gasteiger partial charge in [0.2, 0.25) is 5.91 Å². The van der Waals surface area contributed by atoms with Crippen LogP contribution in [0.15, 0.2) is 0 Å². The molecule has 2 fully saturated rings. The lowest BCUT2D eigenvalue weighted by molar-refractivity contribution is -0.128. The van der Waals surface area contributed by atoms with Gasteiger partial charge in [0.1, 0.15) is 0 Å². The van der Waals surface area contributed by atoms with Crippen molar-refractivity contribution in [3.8, 4) is 0 Å². The fourth-order valence-corrected chi connectivity index (χ4v) is 3.54. The van der Waals surface area contributed by atoms with Crippen molar-refractivity contribution < 1.29 is 4.79 Å². The van der Waals surface area contributed by atoms with E-state index in [2.05, 4.69) is 38.3 Å². The van der Waals surface area contributed by atoms with Crippen LogP contribution in [0.4, 0.5) is 0 Å². The Morgan fingerprint density at radius 3 is 2.32 bits per heavy atom. The largest absolute Gasteiger partial charge is 0.349 e. The fourth-order valence-electron chi connectivity index (χ4n) is 3.54. The predicted molar refractivity (Wildman–Crippen MR) is 78.9 cm³/mol. The first-order valence-electron chi connectivity index (χ1n) is 7.83. The highest BCUT2D eigenvalue weighted by molar-refractivity contribution is 5.79. The lowest BCUT2D eigenvalue weighted by atomic mass is 9.69. The molecular weight excluding hydrogens is 236 g/mol. The maximum atomic E-state index is 12.4. The molecule has 0 aromatic carbocycles. The molecule has 0 spiro atoms. The summed E-state index contributed by atoms with van der Waals surface area (Å²) in [5.74, 6) is 1.31. The van der Waals surface area contributed by atoms with Gasteiger partial charge >= 0.3 is 0 Å². The first kappa shape index (κ1) is 14.8. The van der Waals surface area contributed by atoms with E-state index in [-0.39, 0.29) is 11.5 Å². The Morgan fingerprint density at radius 1 is 1.21 bits per heavy atom. The van der Waals surface area contributed by atoms with Gasteiger partial charge in [0.15, 0.2) is 0 Å². The number of carbonyl (C=O) groups excluding carboxylic acids is 1. The second-order valence-corrected chi connectivity index (χ2v) is 7.89. The molecule has 3 nitrogen and oxygen atoms in total. The van der Waals surface area contributed by atoms with Gasteiger partial charge < -0.3 is 10.6 Å². The number of hydrogen-bond acceptors (Lipinski definition) is 2. The van der Waals surface area contributed by atoms with E-state index in [0.29, 0.717) is 11.3 Å². The summed E-state index contributed by atoms with van der Waals surface area (Å²) in [7, 11) is 0. The Labute approximate surface area is 117 Å². The normalized spacial score (nSPS) is 36.2. The minimum Gasteiger partial charge on any atom is -0.349 e. The van der Waals surface area contributed by atoms with E-state index in [1.807, 2.05) is 0 Å². The molecule has 2 rings (SSSR count). The molecule has 3 heteroatoms. The Bertz CT molecular complexity index is 318. The van der Waals surface area contributed by atoms with Gasteiger partial charge in [-0.2, -0.15) is 0 Å². The highest BCUT2D eigenvalue weighted by Crippen LogP contribution is 2.39. The zero-order valence-corrected chi connectivity index (χ0v) is 13.0. The average molecular weight is 266 g/mol. The van der Waals surface area contributed by atoms with Gasteiger partial charge in [-0.25, -0.2) is 0 Å². The molecule has 1 heterocycles. The minimum atomic E-state index is -0.0159. The molecule has 1 saturated carbocycles. The highest BCUT2D eigenvalue weighted by atomic mass is 16.2. The van der Waals surface area contributed by atoms with Crippen molar-refractivity contribution >= 4 is 5.91 Å². The fraction of sp³-hybridized carbons (Fsp3) is 0.938. The number of nitrogens with one attached hydrogen (secondary N) is 2. The average Bonchev–Trinajstić information content (AvgIpc) is 2.75. The van der Waals surface area contributed by atoms with Crippen LogP contribution in [0.3, 0.4) is 0 Å². The van der Waals surface area contributed by atoms with E-state index >= 15 is 0 Å². The summed E-state index contributed by atoms with van der Waals surface area (Å²) in [6.45, 7) is 11.1. The lowest BCUT2D eigenvalue weighted by Crippen LogP contribution is -2.50. The monoisotopic (exact) mass is 266 g/mol. The van der Waals surface area contributed by atoms with Gasteiger partial charge in [-0.15, -0.1) is 0 Å². The number of rotatable bonds is 2. The molecule has 1 amide bonds. The Hall–Kier alpha value is -0.570. The second kappa shape index (κ2) is 5.43. The number of amides is 1. The van der Waals surface area contributed by atoms with Crippen molar-refractivity contribution in [1.82, 2.24) is 10.6 Å². The molecule has 1 atom stereocenters. The molecule has 2 aliphatic rings. The molecule has 0 aromatic heterocycles. The van der Waals surface area contributed by atoms with Gasteiger partial charge in [0, 0.05) is 12.5 Å². The molecule has 0 radical (unpaired) electrons. The topological polar surface area (TPSA) is 41.1 Å². The summed E-state index contributed by atoms with van der Waals surface area (Å²) in [5, 5.41) is 6.61. The summed E-state index contributed by atoms with van der Waals surface area (Å²) in [6, 6.07) is 0. The SMILES string of the molecule is CC1(NC(=O)C2CCC(C(C)(C)C)CC2)CCNC1. The first-order valence-corrected chi connectivity index (χ1v) is 7.83. The summed E-state index contributed by atoms with van der Waals surface area (Å²) >= 11 is 0. The smallest absolute Gasteiger partial charge is 0.223 e. The highest BCUT2D eigenvalue weighted by Gasteiger charge is 2.36. The molecule has 1 saturated heterocycles. The van der Waals surface area contributed by atoms with E-state index < -0.39 is 0 Å². The standard InChI is InChI=1S/C16H30N2O/c1-15(2,3)13-7-5-12(6-8-13)14(19)18-16(4)9-10-17-11-16/h12-13,17H,5-11H2,1-4H3,(H,18,19). The molecule has 19 heavy (non-hydrogen) atoms. The molecule has 1 aliphatic heterocycles. The summed E-state index contributed by atoms with van der Waals surface area (Å²) < 4.78 is 0. The summed E-state index contributed by atoms with van der Waals surface area (Å²) in [5.41, 5.74) is 0.376. The molecule has 2 N–H and O–H groups in total. The van der Waals surface area contributed by atoms with Crippen LogP contribution >= 0.6 is 0 Å². The van der Waals surface area contributed by atoms with Gasteiger partial charge in [-0.1, -0.05) is 20.8 Å². The summed E-state index contributed by atoms with van der Waals surface area (Å²) in [6.07, 6.45) is 5.59. The zero-order valence-electron chi connectivity index (χ0n) is 13.0. The number of hydrogen-bond donors (Lipinski definition) is 2. The third kappa shape index (κ3) is 3.71. The zero-order chi connectivity index (χ0) is 14.1. The molecule has 110 valence electrons. The quantitative estimate of drug-likeness (QED) is 0.807. The molecule has 0 bridgehead atoms. The van der Waals surface area contributed by atoms with Crippen LogP contribution in [0.1, 0.15) is 59.8 Å². The third-order valence-electron chi connectivity index (χ3n) is 5.12. The molecular formula is C16H30N2O. The molecule has 1 aliphatic carbocycles. The van der Waals surface area contributed by atoms with E-state index in [1.165, 1.54) is 12.8 Å². The van der Waals surface area contributed by atoms with Crippen molar-refractivity contribution in [2.24, 2.45) is 17.3 Å². The number of carbonyl (C=O) groups is 1. The Balaban J connectivity index is 1.82. The lowest BCUT2D eigenvalue weighted by Gasteiger charge is -2.37. The Kier molecular flexibility index (Phi) is 4.24. The Morgan fingerprint density at radius 2 is 1.84 bits per heavy atom. The van der Waals surface area contributed by atoms with Gasteiger partial charge in [-0.05, 0) is 56.9 Å². The van der Waals surface area contributed by atoms with Crippen molar-refractivity contribution in [1.29, 1.82) is 0 Å². The molecule has 1 unspecified atom stereocenters. The minimum absolute atomic E-state index is 0.0159. The maximum Gasteiger partial charge on any atom is 0.223 e. The third-order valence-corrected chi connectivity index (χ3v) is 5.12. The van der Waals surface area contributed by atoms with E-state index in [9.17, 15) is 4.79 Å². The van der Waals surface area contributed by atoms with E-state index in [1.54, 1.807) is 0 Å². The van der Waals surface area contributed by atoms with E-state index in [0.717, 1.165) is 38.3 Å². The van der Waals surface area contributed by atoms with Crippen LogP contribution in [0.5, 0.6) is 0 Å². The predicted octanol–water partition coefficient (Wildman–Crippen LogP) is 2.71. The molecule has 0 aromatic rings.